The van der Waals surface area contributed by atoms with Crippen molar-refractivity contribution in [3.05, 3.63) is 71.0 Å². The number of halogens is 1. The fourth-order valence-corrected chi connectivity index (χ4v) is 2.26. The van der Waals surface area contributed by atoms with Crippen LogP contribution in [0.2, 0.25) is 5.02 Å². The van der Waals surface area contributed by atoms with Crippen LogP contribution in [-0.2, 0) is 6.54 Å². The molecular weight excluding hydrogens is 284 g/mol. The van der Waals surface area contributed by atoms with Crippen LogP contribution in [0.1, 0.15) is 11.1 Å². The van der Waals surface area contributed by atoms with Gasteiger partial charge in [0.15, 0.2) is 5.82 Å². The Bertz CT molecular complexity index is 734. The summed E-state index contributed by atoms with van der Waals surface area (Å²) in [5.41, 5.74) is 6.54. The third-order valence-corrected chi connectivity index (χ3v) is 3.62. The van der Waals surface area contributed by atoms with Gasteiger partial charge in [0.1, 0.15) is 6.33 Å². The summed E-state index contributed by atoms with van der Waals surface area (Å²) in [6, 6.07) is 15.9. The molecule has 5 heteroatoms. The molecule has 0 aliphatic heterocycles. The summed E-state index contributed by atoms with van der Waals surface area (Å²) in [6.45, 7) is 2.67. The number of nitrogens with zero attached hydrogens (tertiary/aromatic N) is 3. The molecule has 0 radical (unpaired) electrons. The Hall–Kier alpha value is -2.33. The predicted molar refractivity (Wildman–Crippen MR) is 84.7 cm³/mol. The molecule has 0 atom stereocenters. The Kier molecular flexibility index (Phi) is 3.88. The van der Waals surface area contributed by atoms with E-state index < -0.39 is 0 Å². The summed E-state index contributed by atoms with van der Waals surface area (Å²) >= 11 is 6.16. The smallest absolute Gasteiger partial charge is 0.182 e. The van der Waals surface area contributed by atoms with Gasteiger partial charge in [-0.2, -0.15) is 0 Å². The molecule has 0 aliphatic rings. The number of aromatic nitrogens is 3. The van der Waals surface area contributed by atoms with Crippen molar-refractivity contribution in [2.75, 3.05) is 5.43 Å². The quantitative estimate of drug-likeness (QED) is 0.799. The van der Waals surface area contributed by atoms with Gasteiger partial charge in [-0.15, -0.1) is 10.2 Å². The third kappa shape index (κ3) is 3.06. The van der Waals surface area contributed by atoms with Crippen molar-refractivity contribution in [2.24, 2.45) is 0 Å². The third-order valence-electron chi connectivity index (χ3n) is 3.26. The summed E-state index contributed by atoms with van der Waals surface area (Å²) < 4.78 is 1.81. The number of rotatable bonds is 4. The summed E-state index contributed by atoms with van der Waals surface area (Å²) in [5.74, 6) is 0.780. The van der Waals surface area contributed by atoms with Gasteiger partial charge < -0.3 is 5.43 Å². The zero-order valence-corrected chi connectivity index (χ0v) is 12.4. The second kappa shape index (κ2) is 5.97. The van der Waals surface area contributed by atoms with E-state index in [4.69, 9.17) is 11.6 Å². The number of aryl methyl sites for hydroxylation is 1. The van der Waals surface area contributed by atoms with Crippen molar-refractivity contribution in [3.63, 3.8) is 0 Å². The maximum atomic E-state index is 6.16. The van der Waals surface area contributed by atoms with E-state index in [1.165, 1.54) is 5.56 Å². The Morgan fingerprint density at radius 2 is 1.86 bits per heavy atom. The maximum Gasteiger partial charge on any atom is 0.182 e. The largest absolute Gasteiger partial charge is 0.318 e. The van der Waals surface area contributed by atoms with E-state index in [-0.39, 0.29) is 0 Å². The van der Waals surface area contributed by atoms with Crippen LogP contribution in [0, 0.1) is 6.92 Å². The monoisotopic (exact) mass is 298 g/mol. The van der Waals surface area contributed by atoms with Crippen LogP contribution in [0.4, 0.5) is 0 Å². The Morgan fingerprint density at radius 1 is 1.10 bits per heavy atom. The zero-order chi connectivity index (χ0) is 14.7. The molecule has 106 valence electrons. The van der Waals surface area contributed by atoms with Crippen LogP contribution in [0.15, 0.2) is 54.9 Å². The molecule has 0 fully saturated rings. The second-order valence-electron chi connectivity index (χ2n) is 4.82. The van der Waals surface area contributed by atoms with Crippen LogP contribution in [-0.4, -0.2) is 14.9 Å². The van der Waals surface area contributed by atoms with Gasteiger partial charge in [-0.25, -0.2) is 4.68 Å². The van der Waals surface area contributed by atoms with Gasteiger partial charge in [-0.1, -0.05) is 59.6 Å². The van der Waals surface area contributed by atoms with Gasteiger partial charge in [0.05, 0.1) is 6.54 Å². The molecule has 0 aliphatic carbocycles. The van der Waals surface area contributed by atoms with Crippen molar-refractivity contribution in [2.45, 2.75) is 13.5 Å². The highest BCUT2D eigenvalue weighted by atomic mass is 35.5. The van der Waals surface area contributed by atoms with Gasteiger partial charge in [-0.05, 0) is 18.6 Å². The van der Waals surface area contributed by atoms with Crippen molar-refractivity contribution in [1.82, 2.24) is 14.9 Å². The van der Waals surface area contributed by atoms with E-state index >= 15 is 0 Å². The number of hydrogen-bond acceptors (Lipinski definition) is 3. The van der Waals surface area contributed by atoms with E-state index in [0.717, 1.165) is 22.0 Å². The van der Waals surface area contributed by atoms with Crippen LogP contribution >= 0.6 is 11.6 Å². The minimum atomic E-state index is 0.608. The van der Waals surface area contributed by atoms with Crippen molar-refractivity contribution < 1.29 is 0 Å². The van der Waals surface area contributed by atoms with Crippen LogP contribution in [0.25, 0.3) is 11.4 Å². The lowest BCUT2D eigenvalue weighted by Crippen LogP contribution is -2.14. The van der Waals surface area contributed by atoms with E-state index in [1.54, 1.807) is 6.33 Å². The fraction of sp³-hybridized carbons (Fsp3) is 0.125. The summed E-state index contributed by atoms with van der Waals surface area (Å²) in [6.07, 6.45) is 1.66. The van der Waals surface area contributed by atoms with Crippen molar-refractivity contribution in [3.8, 4) is 11.4 Å². The number of benzene rings is 2. The van der Waals surface area contributed by atoms with Gasteiger partial charge in [0.2, 0.25) is 0 Å². The molecule has 0 saturated carbocycles. The van der Waals surface area contributed by atoms with Crippen molar-refractivity contribution >= 4 is 11.6 Å². The normalized spacial score (nSPS) is 10.6. The summed E-state index contributed by atoms with van der Waals surface area (Å²) in [7, 11) is 0. The molecule has 1 aromatic heterocycles. The van der Waals surface area contributed by atoms with E-state index in [1.807, 2.05) is 41.1 Å². The average molecular weight is 299 g/mol. The molecule has 1 heterocycles. The minimum Gasteiger partial charge on any atom is -0.318 e. The van der Waals surface area contributed by atoms with Crippen LogP contribution < -0.4 is 5.43 Å². The van der Waals surface area contributed by atoms with Gasteiger partial charge in [0, 0.05) is 10.6 Å². The van der Waals surface area contributed by atoms with E-state index in [0.29, 0.717) is 6.54 Å². The SMILES string of the molecule is Cc1ccc(-c2nncn2NCc2ccccc2Cl)cc1. The highest BCUT2D eigenvalue weighted by Gasteiger charge is 2.07. The van der Waals surface area contributed by atoms with E-state index in [9.17, 15) is 0 Å². The topological polar surface area (TPSA) is 42.7 Å². The van der Waals surface area contributed by atoms with Gasteiger partial charge in [0.25, 0.3) is 0 Å². The Balaban J connectivity index is 1.80. The van der Waals surface area contributed by atoms with Crippen molar-refractivity contribution in [1.29, 1.82) is 0 Å². The van der Waals surface area contributed by atoms with Gasteiger partial charge >= 0.3 is 0 Å². The number of nitrogens with one attached hydrogen (secondary N) is 1. The lowest BCUT2D eigenvalue weighted by atomic mass is 10.1. The molecule has 2 aromatic carbocycles. The molecule has 0 bridgehead atoms. The molecule has 0 spiro atoms. The van der Waals surface area contributed by atoms with Gasteiger partial charge in [-0.3, -0.25) is 0 Å². The molecule has 0 saturated heterocycles. The molecule has 21 heavy (non-hydrogen) atoms. The molecule has 0 amide bonds. The summed E-state index contributed by atoms with van der Waals surface area (Å²) in [4.78, 5) is 0. The lowest BCUT2D eigenvalue weighted by Gasteiger charge is -2.11. The first-order valence-corrected chi connectivity index (χ1v) is 7.06. The molecule has 3 aromatic rings. The maximum absolute atomic E-state index is 6.16. The molecule has 0 unspecified atom stereocenters. The molecule has 1 N–H and O–H groups in total. The second-order valence-corrected chi connectivity index (χ2v) is 5.22. The van der Waals surface area contributed by atoms with Crippen LogP contribution in [0.3, 0.4) is 0 Å². The lowest BCUT2D eigenvalue weighted by molar-refractivity contribution is 0.843. The standard InChI is InChI=1S/C16H15ClN4/c1-12-6-8-13(9-7-12)16-20-18-11-21(16)19-10-14-4-2-3-5-15(14)17/h2-9,11,19H,10H2,1H3. The van der Waals surface area contributed by atoms with E-state index in [2.05, 4.69) is 34.7 Å². The average Bonchev–Trinajstić information content (AvgIpc) is 2.96. The highest BCUT2D eigenvalue weighted by Crippen LogP contribution is 2.18. The molecule has 3 rings (SSSR count). The fourth-order valence-electron chi connectivity index (χ4n) is 2.06. The summed E-state index contributed by atoms with van der Waals surface area (Å²) in [5, 5.41) is 8.89. The Morgan fingerprint density at radius 3 is 2.62 bits per heavy atom. The predicted octanol–water partition coefficient (Wildman–Crippen LogP) is 3.65. The highest BCUT2D eigenvalue weighted by molar-refractivity contribution is 6.31. The molecule has 4 nitrogen and oxygen atoms in total. The van der Waals surface area contributed by atoms with Crippen LogP contribution in [0.5, 0.6) is 0 Å². The Labute approximate surface area is 128 Å². The first-order valence-electron chi connectivity index (χ1n) is 6.68. The first kappa shape index (κ1) is 13.6. The number of hydrogen-bond donors (Lipinski definition) is 1. The molecular formula is C16H15ClN4. The zero-order valence-electron chi connectivity index (χ0n) is 11.6. The minimum absolute atomic E-state index is 0.608. The first-order chi connectivity index (χ1) is 10.2.